The fraction of sp³-hybridized carbons (Fsp3) is 0.125. The molecule has 0 saturated carbocycles. The maximum atomic E-state index is 13.5. The minimum Gasteiger partial charge on any atom is -0.354 e. The van der Waals surface area contributed by atoms with Crippen molar-refractivity contribution >= 4 is 34.3 Å². The van der Waals surface area contributed by atoms with Gasteiger partial charge in [-0.05, 0) is 55.0 Å². The molecule has 2 N–H and O–H groups in total. The Kier molecular flexibility index (Phi) is 5.11. The maximum absolute atomic E-state index is 13.5. The van der Waals surface area contributed by atoms with E-state index < -0.39 is 6.04 Å². The van der Waals surface area contributed by atoms with Crippen molar-refractivity contribution in [1.82, 2.24) is 20.4 Å². The van der Waals surface area contributed by atoms with Gasteiger partial charge in [0, 0.05) is 23.1 Å². The van der Waals surface area contributed by atoms with Gasteiger partial charge in [-0.3, -0.25) is 9.59 Å². The Hall–Kier alpha value is -3.71. The fourth-order valence-electron chi connectivity index (χ4n) is 3.86. The summed E-state index contributed by atoms with van der Waals surface area (Å²) >= 11 is 6.42. The molecule has 2 amide bonds. The van der Waals surface area contributed by atoms with Gasteiger partial charge in [-0.2, -0.15) is 5.10 Å². The zero-order chi connectivity index (χ0) is 22.2. The van der Waals surface area contributed by atoms with Crippen LogP contribution in [0.5, 0.6) is 0 Å². The van der Waals surface area contributed by atoms with Crippen molar-refractivity contribution in [3.05, 3.63) is 83.1 Å². The quantitative estimate of drug-likeness (QED) is 0.493. The second kappa shape index (κ2) is 8.09. The third kappa shape index (κ3) is 3.61. The number of hydrogen-bond acceptors (Lipinski definition) is 3. The van der Waals surface area contributed by atoms with E-state index in [0.29, 0.717) is 40.4 Å². The Balaban J connectivity index is 1.64. The third-order valence-corrected chi connectivity index (χ3v) is 5.83. The van der Waals surface area contributed by atoms with Gasteiger partial charge in [0.15, 0.2) is 0 Å². The Morgan fingerprint density at radius 2 is 1.91 bits per heavy atom. The van der Waals surface area contributed by atoms with Crippen LogP contribution >= 0.6 is 11.6 Å². The first-order valence-electron chi connectivity index (χ1n) is 10.1. The van der Waals surface area contributed by atoms with Crippen molar-refractivity contribution in [3.8, 4) is 16.9 Å². The van der Waals surface area contributed by atoms with Gasteiger partial charge in [0.25, 0.3) is 5.91 Å². The van der Waals surface area contributed by atoms with Crippen molar-refractivity contribution in [1.29, 1.82) is 0 Å². The van der Waals surface area contributed by atoms with Gasteiger partial charge in [0.1, 0.15) is 17.6 Å². The van der Waals surface area contributed by atoms with Crippen molar-refractivity contribution in [2.45, 2.75) is 12.5 Å². The molecule has 5 rings (SSSR count). The van der Waals surface area contributed by atoms with Gasteiger partial charge in [-0.1, -0.05) is 29.8 Å². The summed E-state index contributed by atoms with van der Waals surface area (Å²) in [6, 6.07) is 18.0. The van der Waals surface area contributed by atoms with Crippen LogP contribution in [0.25, 0.3) is 27.8 Å². The number of nitrogens with one attached hydrogen (secondary N) is 2. The summed E-state index contributed by atoms with van der Waals surface area (Å²) in [6.07, 6.45) is 0.553. The largest absolute Gasteiger partial charge is 0.354 e. The summed E-state index contributed by atoms with van der Waals surface area (Å²) in [5.41, 5.74) is 3.10. The Morgan fingerprint density at radius 3 is 2.62 bits per heavy atom. The molecule has 6 nitrogen and oxygen atoms in total. The normalized spacial score (nSPS) is 15.7. The number of benzene rings is 3. The van der Waals surface area contributed by atoms with Crippen LogP contribution in [0.4, 0.5) is 4.39 Å². The second-order valence-electron chi connectivity index (χ2n) is 7.55. The highest BCUT2D eigenvalue weighted by atomic mass is 35.5. The molecule has 1 aliphatic rings. The Labute approximate surface area is 188 Å². The van der Waals surface area contributed by atoms with Gasteiger partial charge in [-0.25, -0.2) is 9.07 Å². The van der Waals surface area contributed by atoms with Gasteiger partial charge in [0.2, 0.25) is 5.91 Å². The number of nitrogens with zero attached hydrogens (tertiary/aromatic N) is 2. The highest BCUT2D eigenvalue weighted by Crippen LogP contribution is 2.34. The first-order chi connectivity index (χ1) is 15.5. The van der Waals surface area contributed by atoms with Crippen LogP contribution < -0.4 is 10.6 Å². The molecule has 160 valence electrons. The molecule has 0 aliphatic carbocycles. The van der Waals surface area contributed by atoms with Crippen molar-refractivity contribution < 1.29 is 14.0 Å². The summed E-state index contributed by atoms with van der Waals surface area (Å²) in [5.74, 6) is -0.886. The molecule has 4 aromatic rings. The molecule has 8 heteroatoms. The number of amides is 2. The number of aromatic nitrogens is 2. The second-order valence-corrected chi connectivity index (χ2v) is 7.96. The number of hydrogen-bond donors (Lipinski definition) is 2. The molecule has 3 aromatic carbocycles. The van der Waals surface area contributed by atoms with E-state index in [0.717, 1.165) is 10.9 Å². The monoisotopic (exact) mass is 448 g/mol. The van der Waals surface area contributed by atoms with Crippen LogP contribution in [0.15, 0.2) is 66.7 Å². The number of rotatable bonds is 4. The van der Waals surface area contributed by atoms with Crippen LogP contribution in [0, 0.1) is 5.82 Å². The average Bonchev–Trinajstić information content (AvgIpc) is 3.37. The summed E-state index contributed by atoms with van der Waals surface area (Å²) < 4.78 is 15.2. The van der Waals surface area contributed by atoms with Gasteiger partial charge >= 0.3 is 0 Å². The van der Waals surface area contributed by atoms with Crippen LogP contribution in [-0.2, 0) is 4.79 Å². The smallest absolute Gasteiger partial charge is 0.252 e. The minimum atomic E-state index is -0.543. The summed E-state index contributed by atoms with van der Waals surface area (Å²) in [5, 5.41) is 11.6. The van der Waals surface area contributed by atoms with Crippen LogP contribution in [0.1, 0.15) is 16.8 Å². The Bertz CT molecular complexity index is 1350. The molecule has 0 spiro atoms. The molecule has 1 aliphatic heterocycles. The minimum absolute atomic E-state index is 0.184. The SMILES string of the molecule is O=C(NC1CCNC1=O)c1ccc2c(-c3ccccc3Cl)nn(-c3ccc(F)cc3)c2c1. The molecule has 1 atom stereocenters. The lowest BCUT2D eigenvalue weighted by molar-refractivity contribution is -0.120. The molecule has 0 radical (unpaired) electrons. The van der Waals surface area contributed by atoms with E-state index in [1.165, 1.54) is 12.1 Å². The lowest BCUT2D eigenvalue weighted by atomic mass is 10.1. The average molecular weight is 449 g/mol. The van der Waals surface area contributed by atoms with E-state index in [1.807, 2.05) is 24.3 Å². The number of carbonyl (C=O) groups is 2. The van der Waals surface area contributed by atoms with Crippen LogP contribution in [0.2, 0.25) is 5.02 Å². The molecule has 1 unspecified atom stereocenters. The molecule has 0 bridgehead atoms. The van der Waals surface area contributed by atoms with E-state index >= 15 is 0 Å². The molecule has 32 heavy (non-hydrogen) atoms. The molecule has 1 fully saturated rings. The van der Waals surface area contributed by atoms with E-state index in [4.69, 9.17) is 16.7 Å². The standard InChI is InChI=1S/C24H18ClFN4O2/c25-19-4-2-1-3-17(19)22-18-10-5-14(23(31)28-20-11-12-27-24(20)32)13-21(18)30(29-22)16-8-6-15(26)7-9-16/h1-10,13,20H,11-12H2,(H,27,32)(H,28,31). The maximum Gasteiger partial charge on any atom is 0.252 e. The van der Waals surface area contributed by atoms with Crippen molar-refractivity contribution in [3.63, 3.8) is 0 Å². The van der Waals surface area contributed by atoms with Gasteiger partial charge in [0.05, 0.1) is 16.2 Å². The molecule has 2 heterocycles. The Morgan fingerprint density at radius 1 is 1.12 bits per heavy atom. The lowest BCUT2D eigenvalue weighted by Gasteiger charge is -2.10. The summed E-state index contributed by atoms with van der Waals surface area (Å²) in [6.45, 7) is 0.543. The van der Waals surface area contributed by atoms with Gasteiger partial charge < -0.3 is 10.6 Å². The fourth-order valence-corrected chi connectivity index (χ4v) is 4.09. The van der Waals surface area contributed by atoms with E-state index in [9.17, 15) is 14.0 Å². The lowest BCUT2D eigenvalue weighted by Crippen LogP contribution is -2.40. The van der Waals surface area contributed by atoms with E-state index in [1.54, 1.807) is 35.0 Å². The molecular formula is C24H18ClFN4O2. The highest BCUT2D eigenvalue weighted by Gasteiger charge is 2.26. The number of carbonyl (C=O) groups excluding carboxylic acids is 2. The predicted molar refractivity (Wildman–Crippen MR) is 120 cm³/mol. The summed E-state index contributed by atoms with van der Waals surface area (Å²) in [7, 11) is 0. The molecule has 1 saturated heterocycles. The summed E-state index contributed by atoms with van der Waals surface area (Å²) in [4.78, 5) is 24.7. The highest BCUT2D eigenvalue weighted by molar-refractivity contribution is 6.33. The zero-order valence-electron chi connectivity index (χ0n) is 16.8. The predicted octanol–water partition coefficient (Wildman–Crippen LogP) is 4.10. The van der Waals surface area contributed by atoms with E-state index in [2.05, 4.69) is 10.6 Å². The molecular weight excluding hydrogens is 431 g/mol. The van der Waals surface area contributed by atoms with Gasteiger partial charge in [-0.15, -0.1) is 0 Å². The first-order valence-corrected chi connectivity index (χ1v) is 10.5. The van der Waals surface area contributed by atoms with Crippen LogP contribution in [0.3, 0.4) is 0 Å². The van der Waals surface area contributed by atoms with Crippen molar-refractivity contribution in [2.24, 2.45) is 0 Å². The third-order valence-electron chi connectivity index (χ3n) is 5.50. The van der Waals surface area contributed by atoms with E-state index in [-0.39, 0.29) is 17.6 Å². The topological polar surface area (TPSA) is 76.0 Å². The molecule has 1 aromatic heterocycles. The van der Waals surface area contributed by atoms with Crippen LogP contribution in [-0.4, -0.2) is 34.2 Å². The van der Waals surface area contributed by atoms with Crippen molar-refractivity contribution in [2.75, 3.05) is 6.54 Å². The zero-order valence-corrected chi connectivity index (χ0v) is 17.6. The first kappa shape index (κ1) is 20.2. The number of halogens is 2. The number of fused-ring (bicyclic) bond motifs is 1.